The lowest BCUT2D eigenvalue weighted by Crippen LogP contribution is -2.55. The van der Waals surface area contributed by atoms with Crippen LogP contribution in [0.5, 0.6) is 0 Å². The zero-order chi connectivity index (χ0) is 11.5. The molecule has 1 unspecified atom stereocenters. The summed E-state index contributed by atoms with van der Waals surface area (Å²) in [6.07, 6.45) is 1.91. The van der Waals surface area contributed by atoms with E-state index in [4.69, 9.17) is 5.11 Å². The Hall–Kier alpha value is -0.610. The van der Waals surface area contributed by atoms with Crippen molar-refractivity contribution in [3.8, 4) is 0 Å². The molecule has 1 heterocycles. The molecule has 1 fully saturated rings. The van der Waals surface area contributed by atoms with Crippen LogP contribution in [0.15, 0.2) is 0 Å². The molecular formula is C11H22N2O2. The van der Waals surface area contributed by atoms with Crippen LogP contribution in [0, 0.1) is 5.92 Å². The van der Waals surface area contributed by atoms with Gasteiger partial charge in [0.1, 0.15) is 0 Å². The van der Waals surface area contributed by atoms with E-state index in [-0.39, 0.29) is 24.5 Å². The van der Waals surface area contributed by atoms with Gasteiger partial charge in [-0.1, -0.05) is 13.8 Å². The van der Waals surface area contributed by atoms with Crippen LogP contribution in [0.1, 0.15) is 33.6 Å². The molecule has 0 saturated carbocycles. The van der Waals surface area contributed by atoms with Crippen molar-refractivity contribution in [1.82, 2.24) is 10.6 Å². The van der Waals surface area contributed by atoms with E-state index in [1.807, 2.05) is 20.8 Å². The van der Waals surface area contributed by atoms with E-state index in [1.165, 1.54) is 0 Å². The molecular weight excluding hydrogens is 192 g/mol. The van der Waals surface area contributed by atoms with Crippen molar-refractivity contribution in [3.63, 3.8) is 0 Å². The molecule has 0 aromatic rings. The van der Waals surface area contributed by atoms with Crippen LogP contribution in [-0.4, -0.2) is 35.7 Å². The van der Waals surface area contributed by atoms with E-state index in [0.29, 0.717) is 0 Å². The monoisotopic (exact) mass is 214 g/mol. The van der Waals surface area contributed by atoms with Crippen molar-refractivity contribution in [2.45, 2.75) is 45.2 Å². The topological polar surface area (TPSA) is 61.4 Å². The SMILES string of the molecule is CC(C)[C@@H](CO)NC(=O)C1(C)CCCN1. The maximum absolute atomic E-state index is 12.0. The number of nitrogens with one attached hydrogen (secondary N) is 2. The summed E-state index contributed by atoms with van der Waals surface area (Å²) < 4.78 is 0. The van der Waals surface area contributed by atoms with Crippen molar-refractivity contribution in [2.75, 3.05) is 13.2 Å². The molecule has 4 heteroatoms. The van der Waals surface area contributed by atoms with Gasteiger partial charge in [-0.05, 0) is 32.2 Å². The fourth-order valence-corrected chi connectivity index (χ4v) is 1.84. The first-order chi connectivity index (χ1) is 6.99. The molecule has 1 aliphatic heterocycles. The number of amides is 1. The molecule has 0 aliphatic carbocycles. The highest BCUT2D eigenvalue weighted by atomic mass is 16.3. The van der Waals surface area contributed by atoms with Gasteiger partial charge in [-0.3, -0.25) is 4.79 Å². The lowest BCUT2D eigenvalue weighted by Gasteiger charge is -2.28. The standard InChI is InChI=1S/C11H22N2O2/c1-8(2)9(7-14)13-10(15)11(3)5-4-6-12-11/h8-9,12,14H,4-7H2,1-3H3,(H,13,15)/t9-,11?/m1/s1. The van der Waals surface area contributed by atoms with Crippen LogP contribution in [0.2, 0.25) is 0 Å². The van der Waals surface area contributed by atoms with Gasteiger partial charge in [0, 0.05) is 0 Å². The molecule has 1 saturated heterocycles. The van der Waals surface area contributed by atoms with Crippen molar-refractivity contribution in [2.24, 2.45) is 5.92 Å². The highest BCUT2D eigenvalue weighted by molar-refractivity contribution is 5.86. The first kappa shape index (κ1) is 12.5. The summed E-state index contributed by atoms with van der Waals surface area (Å²) in [5, 5.41) is 15.2. The summed E-state index contributed by atoms with van der Waals surface area (Å²) in [5.74, 6) is 0.261. The lowest BCUT2D eigenvalue weighted by molar-refractivity contribution is -0.127. The molecule has 2 atom stereocenters. The molecule has 0 radical (unpaired) electrons. The average Bonchev–Trinajstić information content (AvgIpc) is 2.61. The molecule has 3 N–H and O–H groups in total. The molecule has 1 rings (SSSR count). The Labute approximate surface area is 91.4 Å². The largest absolute Gasteiger partial charge is 0.394 e. The van der Waals surface area contributed by atoms with E-state index < -0.39 is 5.54 Å². The van der Waals surface area contributed by atoms with Gasteiger partial charge in [-0.25, -0.2) is 0 Å². The number of carbonyl (C=O) groups is 1. The van der Waals surface area contributed by atoms with Crippen molar-refractivity contribution < 1.29 is 9.90 Å². The lowest BCUT2D eigenvalue weighted by atomic mass is 9.97. The van der Waals surface area contributed by atoms with Gasteiger partial charge in [-0.2, -0.15) is 0 Å². The molecule has 88 valence electrons. The van der Waals surface area contributed by atoms with Crippen LogP contribution in [0.4, 0.5) is 0 Å². The summed E-state index contributed by atoms with van der Waals surface area (Å²) in [4.78, 5) is 12.0. The third-order valence-electron chi connectivity index (χ3n) is 3.19. The normalized spacial score (nSPS) is 28.1. The summed E-state index contributed by atoms with van der Waals surface area (Å²) >= 11 is 0. The van der Waals surface area contributed by atoms with Gasteiger partial charge in [0.25, 0.3) is 0 Å². The molecule has 0 aromatic carbocycles. The summed E-state index contributed by atoms with van der Waals surface area (Å²) in [5.41, 5.74) is -0.442. The third-order valence-corrected chi connectivity index (χ3v) is 3.19. The molecule has 0 aromatic heterocycles. The fraction of sp³-hybridized carbons (Fsp3) is 0.909. The summed E-state index contributed by atoms with van der Waals surface area (Å²) in [7, 11) is 0. The summed E-state index contributed by atoms with van der Waals surface area (Å²) in [6, 6.07) is -0.142. The summed E-state index contributed by atoms with van der Waals surface area (Å²) in [6.45, 7) is 6.80. The molecule has 0 bridgehead atoms. The second-order valence-corrected chi connectivity index (χ2v) is 4.87. The average molecular weight is 214 g/mol. The van der Waals surface area contributed by atoms with Crippen LogP contribution in [-0.2, 0) is 4.79 Å². The maximum atomic E-state index is 12.0. The van der Waals surface area contributed by atoms with E-state index in [0.717, 1.165) is 19.4 Å². The van der Waals surface area contributed by atoms with Crippen LogP contribution in [0.25, 0.3) is 0 Å². The predicted molar refractivity (Wildman–Crippen MR) is 59.5 cm³/mol. The second-order valence-electron chi connectivity index (χ2n) is 4.87. The quantitative estimate of drug-likeness (QED) is 0.629. The smallest absolute Gasteiger partial charge is 0.240 e. The van der Waals surface area contributed by atoms with Crippen LogP contribution in [0.3, 0.4) is 0 Å². The van der Waals surface area contributed by atoms with Gasteiger partial charge in [0.2, 0.25) is 5.91 Å². The minimum atomic E-state index is -0.442. The highest BCUT2D eigenvalue weighted by Crippen LogP contribution is 2.19. The first-order valence-electron chi connectivity index (χ1n) is 5.66. The van der Waals surface area contributed by atoms with Gasteiger partial charge in [-0.15, -0.1) is 0 Å². The minimum absolute atomic E-state index is 0.000509. The number of aliphatic hydroxyl groups excluding tert-OH is 1. The Balaban J connectivity index is 2.53. The molecule has 0 spiro atoms. The number of rotatable bonds is 4. The molecule has 4 nitrogen and oxygen atoms in total. The van der Waals surface area contributed by atoms with Gasteiger partial charge >= 0.3 is 0 Å². The first-order valence-corrected chi connectivity index (χ1v) is 5.66. The van der Waals surface area contributed by atoms with Crippen molar-refractivity contribution in [1.29, 1.82) is 0 Å². The van der Waals surface area contributed by atoms with Crippen molar-refractivity contribution >= 4 is 5.91 Å². The Morgan fingerprint density at radius 3 is 2.67 bits per heavy atom. The zero-order valence-corrected chi connectivity index (χ0v) is 9.84. The van der Waals surface area contributed by atoms with Crippen LogP contribution < -0.4 is 10.6 Å². The molecule has 1 amide bonds. The van der Waals surface area contributed by atoms with Crippen molar-refractivity contribution in [3.05, 3.63) is 0 Å². The van der Waals surface area contributed by atoms with E-state index in [2.05, 4.69) is 10.6 Å². The third kappa shape index (κ3) is 2.92. The second kappa shape index (κ2) is 4.94. The Morgan fingerprint density at radius 2 is 2.27 bits per heavy atom. The van der Waals surface area contributed by atoms with E-state index >= 15 is 0 Å². The zero-order valence-electron chi connectivity index (χ0n) is 9.84. The fourth-order valence-electron chi connectivity index (χ4n) is 1.84. The van der Waals surface area contributed by atoms with Gasteiger partial charge in [0.05, 0.1) is 18.2 Å². The number of aliphatic hydroxyl groups is 1. The highest BCUT2D eigenvalue weighted by Gasteiger charge is 2.36. The molecule has 1 aliphatic rings. The number of hydrogen-bond donors (Lipinski definition) is 3. The van der Waals surface area contributed by atoms with Crippen LogP contribution >= 0.6 is 0 Å². The predicted octanol–water partition coefficient (Wildman–Crippen LogP) is 0.262. The minimum Gasteiger partial charge on any atom is -0.394 e. The Kier molecular flexibility index (Phi) is 4.11. The maximum Gasteiger partial charge on any atom is 0.240 e. The number of carbonyl (C=O) groups excluding carboxylic acids is 1. The van der Waals surface area contributed by atoms with Gasteiger partial charge in [0.15, 0.2) is 0 Å². The number of hydrogen-bond acceptors (Lipinski definition) is 3. The van der Waals surface area contributed by atoms with E-state index in [9.17, 15) is 4.79 Å². The Bertz CT molecular complexity index is 223. The Morgan fingerprint density at radius 1 is 1.60 bits per heavy atom. The van der Waals surface area contributed by atoms with Gasteiger partial charge < -0.3 is 15.7 Å². The molecule has 15 heavy (non-hydrogen) atoms. The van der Waals surface area contributed by atoms with E-state index in [1.54, 1.807) is 0 Å².